The van der Waals surface area contributed by atoms with E-state index in [0.29, 0.717) is 22.3 Å². The molecule has 1 heterocycles. The molecule has 3 aromatic rings. The molecule has 0 aliphatic heterocycles. The molecule has 24 heavy (non-hydrogen) atoms. The largest absolute Gasteiger partial charge is 0.319 e. The molecule has 0 bridgehead atoms. The summed E-state index contributed by atoms with van der Waals surface area (Å²) in [6, 6.07) is 10.7. The number of anilines is 1. The Morgan fingerprint density at radius 1 is 1.21 bits per heavy atom. The molecule has 0 radical (unpaired) electrons. The lowest BCUT2D eigenvalue weighted by Crippen LogP contribution is -2.11. The van der Waals surface area contributed by atoms with Gasteiger partial charge in [0.15, 0.2) is 0 Å². The minimum Gasteiger partial charge on any atom is -0.319 e. The highest BCUT2D eigenvalue weighted by atomic mass is 35.5. The summed E-state index contributed by atoms with van der Waals surface area (Å²) in [6.45, 7) is 0.436. The number of hydrogen-bond donors (Lipinski definition) is 1. The van der Waals surface area contributed by atoms with Gasteiger partial charge in [-0.25, -0.2) is 4.39 Å². The van der Waals surface area contributed by atoms with Crippen LogP contribution < -0.4 is 5.32 Å². The van der Waals surface area contributed by atoms with Crippen LogP contribution in [0.1, 0.15) is 15.9 Å². The van der Waals surface area contributed by atoms with Gasteiger partial charge in [0.1, 0.15) is 5.82 Å². The number of halogens is 3. The third kappa shape index (κ3) is 3.93. The van der Waals surface area contributed by atoms with Crippen molar-refractivity contribution in [2.75, 3.05) is 5.32 Å². The first-order valence-corrected chi connectivity index (χ1v) is 7.80. The van der Waals surface area contributed by atoms with Crippen LogP contribution in [0.15, 0.2) is 54.9 Å². The second-order valence-corrected chi connectivity index (χ2v) is 5.97. The van der Waals surface area contributed by atoms with Gasteiger partial charge in [-0.05, 0) is 35.9 Å². The number of rotatable bonds is 4. The monoisotopic (exact) mass is 363 g/mol. The molecule has 0 saturated heterocycles. The molecule has 1 amide bonds. The number of carbonyl (C=O) groups is 1. The zero-order valence-corrected chi connectivity index (χ0v) is 13.9. The van der Waals surface area contributed by atoms with E-state index in [1.165, 1.54) is 30.5 Å². The Morgan fingerprint density at radius 2 is 2.04 bits per heavy atom. The summed E-state index contributed by atoms with van der Waals surface area (Å²) in [5.41, 5.74) is 1.60. The third-order valence-electron chi connectivity index (χ3n) is 3.33. The van der Waals surface area contributed by atoms with Crippen LogP contribution in [-0.4, -0.2) is 15.7 Å². The summed E-state index contributed by atoms with van der Waals surface area (Å²) in [4.78, 5) is 12.1. The first-order chi connectivity index (χ1) is 11.5. The topological polar surface area (TPSA) is 46.9 Å². The minimum atomic E-state index is -0.462. The molecule has 0 atom stereocenters. The van der Waals surface area contributed by atoms with Crippen LogP contribution in [-0.2, 0) is 6.54 Å². The third-order valence-corrected chi connectivity index (χ3v) is 3.91. The molecule has 0 unspecified atom stereocenters. The molecule has 0 saturated carbocycles. The van der Waals surface area contributed by atoms with Gasteiger partial charge in [-0.3, -0.25) is 9.48 Å². The smallest absolute Gasteiger partial charge is 0.255 e. The molecule has 0 aliphatic carbocycles. The van der Waals surface area contributed by atoms with Crippen molar-refractivity contribution in [3.8, 4) is 0 Å². The molecule has 122 valence electrons. The summed E-state index contributed by atoms with van der Waals surface area (Å²) in [7, 11) is 0. The Kier molecular flexibility index (Phi) is 4.83. The predicted molar refractivity (Wildman–Crippen MR) is 92.1 cm³/mol. The zero-order chi connectivity index (χ0) is 17.1. The van der Waals surface area contributed by atoms with Gasteiger partial charge in [-0.2, -0.15) is 5.10 Å². The Labute approximate surface area is 147 Å². The van der Waals surface area contributed by atoms with E-state index in [1.54, 1.807) is 23.0 Å². The fourth-order valence-electron chi connectivity index (χ4n) is 2.17. The minimum absolute atomic E-state index is 0.239. The second-order valence-electron chi connectivity index (χ2n) is 5.13. The SMILES string of the molecule is O=C(Nc1cnn(Cc2ccc(Cl)cc2Cl)c1)c1cccc(F)c1. The molecule has 1 aromatic heterocycles. The highest BCUT2D eigenvalue weighted by Gasteiger charge is 2.09. The van der Waals surface area contributed by atoms with Crippen LogP contribution in [0.4, 0.5) is 10.1 Å². The first kappa shape index (κ1) is 16.5. The highest BCUT2D eigenvalue weighted by molar-refractivity contribution is 6.35. The normalized spacial score (nSPS) is 10.6. The van der Waals surface area contributed by atoms with Crippen molar-refractivity contribution in [3.05, 3.63) is 81.8 Å². The zero-order valence-electron chi connectivity index (χ0n) is 12.3. The van der Waals surface area contributed by atoms with Crippen molar-refractivity contribution in [2.24, 2.45) is 0 Å². The summed E-state index contributed by atoms with van der Waals surface area (Å²) in [5, 5.41) is 7.95. The number of amides is 1. The Bertz CT molecular complexity index is 895. The fourth-order valence-corrected chi connectivity index (χ4v) is 2.64. The van der Waals surface area contributed by atoms with E-state index >= 15 is 0 Å². The molecular formula is C17H12Cl2FN3O. The number of carbonyl (C=O) groups excluding carboxylic acids is 1. The van der Waals surface area contributed by atoms with Crippen LogP contribution in [0.25, 0.3) is 0 Å². The molecule has 0 aliphatic rings. The first-order valence-electron chi connectivity index (χ1n) is 7.04. The molecule has 4 nitrogen and oxygen atoms in total. The number of aromatic nitrogens is 2. The van der Waals surface area contributed by atoms with E-state index in [-0.39, 0.29) is 5.56 Å². The van der Waals surface area contributed by atoms with E-state index in [9.17, 15) is 9.18 Å². The molecule has 0 fully saturated rings. The van der Waals surface area contributed by atoms with E-state index in [0.717, 1.165) is 5.56 Å². The fraction of sp³-hybridized carbons (Fsp3) is 0.0588. The maximum absolute atomic E-state index is 13.2. The van der Waals surface area contributed by atoms with Crippen molar-refractivity contribution in [1.29, 1.82) is 0 Å². The second kappa shape index (κ2) is 7.03. The van der Waals surface area contributed by atoms with E-state index in [4.69, 9.17) is 23.2 Å². The van der Waals surface area contributed by atoms with E-state index in [1.807, 2.05) is 6.07 Å². The maximum Gasteiger partial charge on any atom is 0.255 e. The van der Waals surface area contributed by atoms with Crippen molar-refractivity contribution in [3.63, 3.8) is 0 Å². The summed E-state index contributed by atoms with van der Waals surface area (Å²) in [6.07, 6.45) is 3.18. The van der Waals surface area contributed by atoms with Gasteiger partial charge in [0.25, 0.3) is 5.91 Å². The molecular weight excluding hydrogens is 352 g/mol. The average Bonchev–Trinajstić information content (AvgIpc) is 2.97. The van der Waals surface area contributed by atoms with Crippen LogP contribution in [0.5, 0.6) is 0 Å². The van der Waals surface area contributed by atoms with Crippen molar-refractivity contribution in [1.82, 2.24) is 9.78 Å². The van der Waals surface area contributed by atoms with Crippen molar-refractivity contribution in [2.45, 2.75) is 6.54 Å². The quantitative estimate of drug-likeness (QED) is 0.734. The van der Waals surface area contributed by atoms with Gasteiger partial charge in [0, 0.05) is 21.8 Å². The van der Waals surface area contributed by atoms with Gasteiger partial charge >= 0.3 is 0 Å². The number of benzene rings is 2. The lowest BCUT2D eigenvalue weighted by atomic mass is 10.2. The van der Waals surface area contributed by atoms with Gasteiger partial charge in [-0.15, -0.1) is 0 Å². The van der Waals surface area contributed by atoms with Gasteiger partial charge in [0.2, 0.25) is 0 Å². The van der Waals surface area contributed by atoms with Gasteiger partial charge in [-0.1, -0.05) is 35.3 Å². The number of nitrogens with zero attached hydrogens (tertiary/aromatic N) is 2. The summed E-state index contributed by atoms with van der Waals surface area (Å²) in [5.74, 6) is -0.866. The van der Waals surface area contributed by atoms with Gasteiger partial charge in [0.05, 0.1) is 18.4 Å². The Balaban J connectivity index is 1.70. The molecule has 1 N–H and O–H groups in total. The molecule has 3 rings (SSSR count). The molecule has 0 spiro atoms. The van der Waals surface area contributed by atoms with Crippen LogP contribution in [0.3, 0.4) is 0 Å². The standard InChI is InChI=1S/C17H12Cl2FN3O/c18-13-5-4-12(16(19)7-13)9-23-10-15(8-21-23)22-17(24)11-2-1-3-14(20)6-11/h1-8,10H,9H2,(H,22,24). The van der Waals surface area contributed by atoms with E-state index in [2.05, 4.69) is 10.4 Å². The Hall–Kier alpha value is -2.37. The highest BCUT2D eigenvalue weighted by Crippen LogP contribution is 2.22. The number of hydrogen-bond acceptors (Lipinski definition) is 2. The average molecular weight is 364 g/mol. The summed E-state index contributed by atoms with van der Waals surface area (Å²) < 4.78 is 14.8. The van der Waals surface area contributed by atoms with Crippen molar-refractivity contribution >= 4 is 34.8 Å². The summed E-state index contributed by atoms with van der Waals surface area (Å²) >= 11 is 12.0. The van der Waals surface area contributed by atoms with E-state index < -0.39 is 11.7 Å². The van der Waals surface area contributed by atoms with Gasteiger partial charge < -0.3 is 5.32 Å². The van der Waals surface area contributed by atoms with Crippen LogP contribution >= 0.6 is 23.2 Å². The predicted octanol–water partition coefficient (Wildman–Crippen LogP) is 4.63. The van der Waals surface area contributed by atoms with Crippen LogP contribution in [0, 0.1) is 5.82 Å². The molecule has 7 heteroatoms. The van der Waals surface area contributed by atoms with Crippen molar-refractivity contribution < 1.29 is 9.18 Å². The maximum atomic E-state index is 13.2. The molecule has 2 aromatic carbocycles. The number of nitrogens with one attached hydrogen (secondary N) is 1. The lowest BCUT2D eigenvalue weighted by Gasteiger charge is -2.05. The van der Waals surface area contributed by atoms with Crippen LogP contribution in [0.2, 0.25) is 10.0 Å². The lowest BCUT2D eigenvalue weighted by molar-refractivity contribution is 0.102. The Morgan fingerprint density at radius 3 is 2.79 bits per heavy atom.